The summed E-state index contributed by atoms with van der Waals surface area (Å²) in [6, 6.07) is 3.92. The topological polar surface area (TPSA) is 56.0 Å². The Morgan fingerprint density at radius 2 is 2.06 bits per heavy atom. The third kappa shape index (κ3) is 2.35. The summed E-state index contributed by atoms with van der Waals surface area (Å²) in [6.07, 6.45) is 5.37. The van der Waals surface area contributed by atoms with Gasteiger partial charge in [0.25, 0.3) is 0 Å². The lowest BCUT2D eigenvalue weighted by Gasteiger charge is -2.27. The Morgan fingerprint density at radius 3 is 2.62 bits per heavy atom. The van der Waals surface area contributed by atoms with Crippen LogP contribution in [0.25, 0.3) is 0 Å². The molecule has 1 amide bonds. The first-order valence-electron chi connectivity index (χ1n) is 5.58. The van der Waals surface area contributed by atoms with Crippen LogP contribution in [0.5, 0.6) is 0 Å². The van der Waals surface area contributed by atoms with Gasteiger partial charge < -0.3 is 5.73 Å². The van der Waals surface area contributed by atoms with Crippen molar-refractivity contribution in [1.29, 1.82) is 0 Å². The normalized spacial score (nSPS) is 25.3. The number of carbonyl (C=O) groups excluding carboxylic acids is 1. The summed E-state index contributed by atoms with van der Waals surface area (Å²) in [5, 5.41) is 0.588. The summed E-state index contributed by atoms with van der Waals surface area (Å²) in [6.45, 7) is 0. The number of nitrogens with zero attached hydrogens (tertiary/aromatic N) is 1. The highest BCUT2D eigenvalue weighted by molar-refractivity contribution is 6.30. The van der Waals surface area contributed by atoms with E-state index in [4.69, 9.17) is 17.3 Å². The van der Waals surface area contributed by atoms with Crippen molar-refractivity contribution in [3.63, 3.8) is 0 Å². The molecule has 1 aromatic rings. The fraction of sp³-hybridized carbons (Fsp3) is 0.500. The van der Waals surface area contributed by atoms with Gasteiger partial charge in [0.1, 0.15) is 5.15 Å². The summed E-state index contributed by atoms with van der Waals surface area (Å²) in [5.74, 6) is 0.305. The number of pyridine rings is 1. The van der Waals surface area contributed by atoms with Crippen molar-refractivity contribution in [2.45, 2.75) is 31.6 Å². The molecule has 0 unspecified atom stereocenters. The lowest BCUT2D eigenvalue weighted by atomic mass is 9.79. The summed E-state index contributed by atoms with van der Waals surface area (Å²) >= 11 is 6.05. The van der Waals surface area contributed by atoms with Crippen molar-refractivity contribution in [2.75, 3.05) is 0 Å². The van der Waals surface area contributed by atoms with E-state index in [2.05, 4.69) is 4.98 Å². The standard InChI is InChI=1S/C12H15ClN2O/c13-11-10(2-1-7-15-11)8-3-5-9(6-4-8)12(14)16/h1-2,7-9H,3-6H2,(H2,14,16)/t8-,9-. The molecule has 1 aliphatic rings. The van der Waals surface area contributed by atoms with Crippen LogP contribution >= 0.6 is 11.6 Å². The van der Waals surface area contributed by atoms with E-state index in [0.717, 1.165) is 31.2 Å². The van der Waals surface area contributed by atoms with Crippen LogP contribution in [0.4, 0.5) is 0 Å². The van der Waals surface area contributed by atoms with Crippen molar-refractivity contribution in [2.24, 2.45) is 11.7 Å². The van der Waals surface area contributed by atoms with Crippen LogP contribution in [0.1, 0.15) is 37.2 Å². The Balaban J connectivity index is 2.05. The van der Waals surface area contributed by atoms with Crippen LogP contribution in [0.3, 0.4) is 0 Å². The minimum Gasteiger partial charge on any atom is -0.369 e. The predicted molar refractivity (Wildman–Crippen MR) is 63.1 cm³/mol. The Labute approximate surface area is 100 Å². The molecular formula is C12H15ClN2O. The average Bonchev–Trinajstić information content (AvgIpc) is 2.30. The number of carbonyl (C=O) groups is 1. The second-order valence-corrected chi connectivity index (χ2v) is 4.69. The molecule has 0 saturated heterocycles. The maximum Gasteiger partial charge on any atom is 0.220 e. The number of nitrogens with two attached hydrogens (primary N) is 1. The van der Waals surface area contributed by atoms with Crippen LogP contribution in [0.2, 0.25) is 5.15 Å². The van der Waals surface area contributed by atoms with Crippen LogP contribution in [0, 0.1) is 5.92 Å². The van der Waals surface area contributed by atoms with Gasteiger partial charge in [-0.2, -0.15) is 0 Å². The van der Waals surface area contributed by atoms with Crippen LogP contribution in [-0.4, -0.2) is 10.9 Å². The zero-order valence-electron chi connectivity index (χ0n) is 9.03. The van der Waals surface area contributed by atoms with E-state index >= 15 is 0 Å². The van der Waals surface area contributed by atoms with Gasteiger partial charge >= 0.3 is 0 Å². The molecule has 0 spiro atoms. The van der Waals surface area contributed by atoms with Crippen molar-refractivity contribution >= 4 is 17.5 Å². The van der Waals surface area contributed by atoms with E-state index in [-0.39, 0.29) is 11.8 Å². The molecule has 86 valence electrons. The Hall–Kier alpha value is -1.09. The molecule has 16 heavy (non-hydrogen) atoms. The molecular weight excluding hydrogens is 224 g/mol. The third-order valence-electron chi connectivity index (χ3n) is 3.36. The molecule has 1 aromatic heterocycles. The van der Waals surface area contributed by atoms with Gasteiger partial charge in [-0.15, -0.1) is 0 Å². The van der Waals surface area contributed by atoms with E-state index in [1.165, 1.54) is 0 Å². The smallest absolute Gasteiger partial charge is 0.220 e. The number of hydrogen-bond donors (Lipinski definition) is 1. The molecule has 0 radical (unpaired) electrons. The van der Waals surface area contributed by atoms with Crippen LogP contribution in [0.15, 0.2) is 18.3 Å². The van der Waals surface area contributed by atoms with Gasteiger partial charge in [-0.3, -0.25) is 4.79 Å². The Kier molecular flexibility index (Phi) is 3.44. The highest BCUT2D eigenvalue weighted by Gasteiger charge is 2.26. The highest BCUT2D eigenvalue weighted by atomic mass is 35.5. The molecule has 1 saturated carbocycles. The summed E-state index contributed by atoms with van der Waals surface area (Å²) in [5.41, 5.74) is 6.41. The first-order chi connectivity index (χ1) is 7.68. The second-order valence-electron chi connectivity index (χ2n) is 4.33. The van der Waals surface area contributed by atoms with Gasteiger partial charge in [-0.25, -0.2) is 4.98 Å². The minimum absolute atomic E-state index is 0.0479. The monoisotopic (exact) mass is 238 g/mol. The molecule has 0 bridgehead atoms. The summed E-state index contributed by atoms with van der Waals surface area (Å²) in [4.78, 5) is 15.1. The number of amides is 1. The van der Waals surface area contributed by atoms with Crippen LogP contribution < -0.4 is 5.73 Å². The Bertz CT molecular complexity index is 386. The number of rotatable bonds is 2. The highest BCUT2D eigenvalue weighted by Crippen LogP contribution is 2.37. The lowest BCUT2D eigenvalue weighted by Crippen LogP contribution is -2.27. The number of hydrogen-bond acceptors (Lipinski definition) is 2. The van der Waals surface area contributed by atoms with Crippen molar-refractivity contribution < 1.29 is 4.79 Å². The maximum absolute atomic E-state index is 11.0. The van der Waals surface area contributed by atoms with Crippen LogP contribution in [-0.2, 0) is 4.79 Å². The fourth-order valence-electron chi connectivity index (χ4n) is 2.39. The van der Waals surface area contributed by atoms with E-state index in [9.17, 15) is 4.79 Å². The van der Waals surface area contributed by atoms with Gasteiger partial charge in [0.15, 0.2) is 0 Å². The van der Waals surface area contributed by atoms with Gasteiger partial charge in [0, 0.05) is 12.1 Å². The van der Waals surface area contributed by atoms with Gasteiger partial charge in [-0.05, 0) is 43.2 Å². The minimum atomic E-state index is -0.171. The molecule has 1 fully saturated rings. The molecule has 0 aromatic carbocycles. The first kappa shape index (κ1) is 11.4. The molecule has 1 heterocycles. The fourth-order valence-corrected chi connectivity index (χ4v) is 2.67. The quantitative estimate of drug-likeness (QED) is 0.805. The summed E-state index contributed by atoms with van der Waals surface area (Å²) < 4.78 is 0. The van der Waals surface area contributed by atoms with E-state index < -0.39 is 0 Å². The number of halogens is 1. The van der Waals surface area contributed by atoms with E-state index in [1.807, 2.05) is 12.1 Å². The molecule has 0 aliphatic heterocycles. The molecule has 4 heteroatoms. The third-order valence-corrected chi connectivity index (χ3v) is 3.67. The Morgan fingerprint density at radius 1 is 1.38 bits per heavy atom. The predicted octanol–water partition coefficient (Wildman–Crippen LogP) is 2.49. The SMILES string of the molecule is NC(=O)[C@H]1CC[C@H](c2cccnc2Cl)CC1. The summed E-state index contributed by atoms with van der Waals surface area (Å²) in [7, 11) is 0. The zero-order valence-corrected chi connectivity index (χ0v) is 9.78. The van der Waals surface area contributed by atoms with Crippen molar-refractivity contribution in [1.82, 2.24) is 4.98 Å². The molecule has 2 rings (SSSR count). The average molecular weight is 239 g/mol. The van der Waals surface area contributed by atoms with Crippen molar-refractivity contribution in [3.05, 3.63) is 29.0 Å². The van der Waals surface area contributed by atoms with E-state index in [0.29, 0.717) is 11.1 Å². The molecule has 2 N–H and O–H groups in total. The second kappa shape index (κ2) is 4.83. The zero-order chi connectivity index (χ0) is 11.5. The van der Waals surface area contributed by atoms with Gasteiger partial charge in [0.2, 0.25) is 5.91 Å². The molecule has 1 aliphatic carbocycles. The van der Waals surface area contributed by atoms with Gasteiger partial charge in [0.05, 0.1) is 0 Å². The lowest BCUT2D eigenvalue weighted by molar-refractivity contribution is -0.122. The number of primary amides is 1. The van der Waals surface area contributed by atoms with Gasteiger partial charge in [-0.1, -0.05) is 17.7 Å². The molecule has 3 nitrogen and oxygen atoms in total. The molecule has 0 atom stereocenters. The maximum atomic E-state index is 11.0. The van der Waals surface area contributed by atoms with Crippen molar-refractivity contribution in [3.8, 4) is 0 Å². The first-order valence-corrected chi connectivity index (χ1v) is 5.96. The number of aromatic nitrogens is 1. The largest absolute Gasteiger partial charge is 0.369 e. The van der Waals surface area contributed by atoms with E-state index in [1.54, 1.807) is 6.20 Å².